The van der Waals surface area contributed by atoms with Crippen LogP contribution >= 0.6 is 11.8 Å². The van der Waals surface area contributed by atoms with Gasteiger partial charge in [0.15, 0.2) is 6.29 Å². The number of nitrogens with one attached hydrogen (secondary N) is 2. The number of carbonyl (C=O) groups is 2. The molecule has 0 radical (unpaired) electrons. The summed E-state index contributed by atoms with van der Waals surface area (Å²) in [4.78, 5) is 25.8. The van der Waals surface area contributed by atoms with Crippen LogP contribution < -0.4 is 10.6 Å². The lowest BCUT2D eigenvalue weighted by Crippen LogP contribution is -2.34. The predicted octanol–water partition coefficient (Wildman–Crippen LogP) is 3.26. The molecule has 6 nitrogen and oxygen atoms in total. The van der Waals surface area contributed by atoms with Crippen molar-refractivity contribution < 1.29 is 23.5 Å². The summed E-state index contributed by atoms with van der Waals surface area (Å²) in [7, 11) is 2.97. The third-order valence-corrected chi connectivity index (χ3v) is 5.18. The largest absolute Gasteiger partial charge is 0.354 e. The minimum Gasteiger partial charge on any atom is -0.354 e. The number of rotatable bonds is 6. The number of fused-ring (bicyclic) bond motifs is 1. The minimum atomic E-state index is -0.539. The van der Waals surface area contributed by atoms with E-state index in [9.17, 15) is 14.0 Å². The number of carbonyl (C=O) groups excluding carboxylic acids is 2. The standard InChI is InChI=1S/C20H19FN2O4S/c1-26-18(27-2)11-22-19(24)13-7-8-16-15(9-13)23-20(25)17(28-16)10-12-5-3-4-6-14(12)21/h3-10,18H,11H2,1-2H3,(H,22,24)(H,23,25)/b17-10+. The first-order valence-electron chi connectivity index (χ1n) is 8.45. The summed E-state index contributed by atoms with van der Waals surface area (Å²) in [6, 6.07) is 11.2. The van der Waals surface area contributed by atoms with Crippen molar-refractivity contribution in [1.82, 2.24) is 5.32 Å². The first-order valence-corrected chi connectivity index (χ1v) is 9.26. The van der Waals surface area contributed by atoms with Crippen LogP contribution in [0, 0.1) is 5.82 Å². The van der Waals surface area contributed by atoms with E-state index >= 15 is 0 Å². The molecule has 0 saturated heterocycles. The van der Waals surface area contributed by atoms with Gasteiger partial charge in [0.25, 0.3) is 11.8 Å². The third kappa shape index (κ3) is 4.59. The maximum Gasteiger partial charge on any atom is 0.262 e. The van der Waals surface area contributed by atoms with Crippen molar-refractivity contribution >= 4 is 35.3 Å². The van der Waals surface area contributed by atoms with Crippen LogP contribution in [0.4, 0.5) is 10.1 Å². The van der Waals surface area contributed by atoms with Gasteiger partial charge in [0.1, 0.15) is 5.82 Å². The zero-order valence-electron chi connectivity index (χ0n) is 15.3. The highest BCUT2D eigenvalue weighted by Crippen LogP contribution is 2.39. The number of halogens is 1. The van der Waals surface area contributed by atoms with Crippen molar-refractivity contribution in [2.24, 2.45) is 0 Å². The molecule has 0 aromatic heterocycles. The van der Waals surface area contributed by atoms with Gasteiger partial charge in [0.05, 0.1) is 17.1 Å². The summed E-state index contributed by atoms with van der Waals surface area (Å²) in [6.07, 6.45) is 0.969. The molecule has 28 heavy (non-hydrogen) atoms. The van der Waals surface area contributed by atoms with Crippen LogP contribution in [0.2, 0.25) is 0 Å². The highest BCUT2D eigenvalue weighted by Gasteiger charge is 2.23. The molecule has 146 valence electrons. The smallest absolute Gasteiger partial charge is 0.262 e. The zero-order chi connectivity index (χ0) is 20.1. The Kier molecular flexibility index (Phi) is 6.45. The van der Waals surface area contributed by atoms with E-state index in [1.54, 1.807) is 36.4 Å². The molecule has 0 unspecified atom stereocenters. The van der Waals surface area contributed by atoms with E-state index in [-0.39, 0.29) is 18.4 Å². The van der Waals surface area contributed by atoms with Gasteiger partial charge in [-0.05, 0) is 30.3 Å². The van der Waals surface area contributed by atoms with Gasteiger partial charge in [-0.2, -0.15) is 0 Å². The average molecular weight is 402 g/mol. The van der Waals surface area contributed by atoms with Crippen LogP contribution in [0.3, 0.4) is 0 Å². The van der Waals surface area contributed by atoms with Crippen LogP contribution in [0.25, 0.3) is 6.08 Å². The fourth-order valence-electron chi connectivity index (χ4n) is 2.58. The van der Waals surface area contributed by atoms with Crippen LogP contribution in [0.15, 0.2) is 52.3 Å². The number of hydrogen-bond donors (Lipinski definition) is 2. The normalized spacial score (nSPS) is 14.7. The van der Waals surface area contributed by atoms with E-state index in [0.29, 0.717) is 21.7 Å². The first-order chi connectivity index (χ1) is 13.5. The number of methoxy groups -OCH3 is 2. The second-order valence-corrected chi connectivity index (χ2v) is 6.99. The van der Waals surface area contributed by atoms with Gasteiger partial charge in [-0.25, -0.2) is 4.39 Å². The Labute approximate surface area is 166 Å². The van der Waals surface area contributed by atoms with Crippen molar-refractivity contribution in [2.75, 3.05) is 26.1 Å². The molecule has 1 aliphatic rings. The summed E-state index contributed by atoms with van der Waals surface area (Å²) in [5.74, 6) is -1.06. The molecule has 1 aliphatic heterocycles. The lowest BCUT2D eigenvalue weighted by atomic mass is 10.1. The van der Waals surface area contributed by atoms with Crippen molar-refractivity contribution in [3.05, 3.63) is 64.3 Å². The van der Waals surface area contributed by atoms with E-state index in [4.69, 9.17) is 9.47 Å². The molecular weight excluding hydrogens is 383 g/mol. The van der Waals surface area contributed by atoms with Crippen molar-refractivity contribution in [2.45, 2.75) is 11.2 Å². The molecule has 0 aliphatic carbocycles. The summed E-state index contributed by atoms with van der Waals surface area (Å²) in [5, 5.41) is 5.46. The van der Waals surface area contributed by atoms with E-state index in [1.807, 2.05) is 0 Å². The molecule has 0 fully saturated rings. The van der Waals surface area contributed by atoms with Gasteiger partial charge in [-0.15, -0.1) is 0 Å². The molecule has 8 heteroatoms. The van der Waals surface area contributed by atoms with Crippen LogP contribution in [0.5, 0.6) is 0 Å². The lowest BCUT2D eigenvalue weighted by Gasteiger charge is -2.20. The number of hydrogen-bond acceptors (Lipinski definition) is 5. The van der Waals surface area contributed by atoms with Crippen LogP contribution in [0.1, 0.15) is 15.9 Å². The van der Waals surface area contributed by atoms with Gasteiger partial charge in [0, 0.05) is 30.2 Å². The van der Waals surface area contributed by atoms with E-state index in [1.165, 1.54) is 38.1 Å². The summed E-state index contributed by atoms with van der Waals surface area (Å²) < 4.78 is 23.9. The molecule has 3 rings (SSSR count). The summed E-state index contributed by atoms with van der Waals surface area (Å²) in [6.45, 7) is 0.194. The van der Waals surface area contributed by atoms with Crippen LogP contribution in [-0.2, 0) is 14.3 Å². The molecular formula is C20H19FN2O4S. The fraction of sp³-hybridized carbons (Fsp3) is 0.200. The Morgan fingerprint density at radius 1 is 1.25 bits per heavy atom. The number of ether oxygens (including phenoxy) is 2. The monoisotopic (exact) mass is 402 g/mol. The van der Waals surface area contributed by atoms with Crippen LogP contribution in [-0.4, -0.2) is 38.9 Å². The molecule has 0 spiro atoms. The molecule has 0 atom stereocenters. The molecule has 1 heterocycles. The number of anilines is 1. The van der Waals surface area contributed by atoms with Gasteiger partial charge in [0.2, 0.25) is 0 Å². The molecule has 2 N–H and O–H groups in total. The number of amides is 2. The predicted molar refractivity (Wildman–Crippen MR) is 105 cm³/mol. The number of thioether (sulfide) groups is 1. The molecule has 2 amide bonds. The van der Waals surface area contributed by atoms with Gasteiger partial charge >= 0.3 is 0 Å². The average Bonchev–Trinajstić information content (AvgIpc) is 2.70. The highest BCUT2D eigenvalue weighted by molar-refractivity contribution is 8.04. The van der Waals surface area contributed by atoms with Gasteiger partial charge < -0.3 is 20.1 Å². The number of benzene rings is 2. The molecule has 2 aromatic rings. The van der Waals surface area contributed by atoms with E-state index in [2.05, 4.69) is 10.6 Å². The lowest BCUT2D eigenvalue weighted by molar-refractivity contribution is -0.112. The minimum absolute atomic E-state index is 0.194. The fourth-order valence-corrected chi connectivity index (χ4v) is 3.50. The molecule has 0 saturated carbocycles. The Morgan fingerprint density at radius 3 is 2.71 bits per heavy atom. The topological polar surface area (TPSA) is 76.7 Å². The molecule has 0 bridgehead atoms. The van der Waals surface area contributed by atoms with E-state index < -0.39 is 12.1 Å². The van der Waals surface area contributed by atoms with Gasteiger partial charge in [-0.1, -0.05) is 30.0 Å². The first kappa shape index (κ1) is 20.1. The summed E-state index contributed by atoms with van der Waals surface area (Å²) >= 11 is 1.23. The quantitative estimate of drug-likeness (QED) is 0.573. The maximum absolute atomic E-state index is 13.8. The zero-order valence-corrected chi connectivity index (χ0v) is 16.1. The Balaban J connectivity index is 1.76. The second-order valence-electron chi connectivity index (χ2n) is 5.91. The Hall–Kier alpha value is -2.68. The van der Waals surface area contributed by atoms with E-state index in [0.717, 1.165) is 4.90 Å². The summed E-state index contributed by atoms with van der Waals surface area (Å²) in [5.41, 5.74) is 1.26. The highest BCUT2D eigenvalue weighted by atomic mass is 32.2. The van der Waals surface area contributed by atoms with Crippen molar-refractivity contribution in [1.29, 1.82) is 0 Å². The van der Waals surface area contributed by atoms with Crippen molar-refractivity contribution in [3.63, 3.8) is 0 Å². The molecule has 2 aromatic carbocycles. The van der Waals surface area contributed by atoms with Gasteiger partial charge in [-0.3, -0.25) is 9.59 Å². The maximum atomic E-state index is 13.8. The Bertz CT molecular complexity index is 928. The SMILES string of the molecule is COC(CNC(=O)c1ccc2c(c1)NC(=O)/C(=C\c1ccccc1F)S2)OC. The second kappa shape index (κ2) is 9.01. The Morgan fingerprint density at radius 2 is 2.00 bits per heavy atom. The third-order valence-electron chi connectivity index (χ3n) is 4.08. The van der Waals surface area contributed by atoms with Crippen molar-refractivity contribution in [3.8, 4) is 0 Å².